The molecule has 1 rings (SSSR count). The number of rotatable bonds is 15. The van der Waals surface area contributed by atoms with Gasteiger partial charge in [-0.15, -0.1) is 0 Å². The van der Waals surface area contributed by atoms with Gasteiger partial charge in [0.25, 0.3) is 0 Å². The summed E-state index contributed by atoms with van der Waals surface area (Å²) in [5.41, 5.74) is 0. The average Bonchev–Trinajstić information content (AvgIpc) is 3.17. The molecule has 1 atom stereocenters. The summed E-state index contributed by atoms with van der Waals surface area (Å²) in [6, 6.07) is 0. The van der Waals surface area contributed by atoms with Crippen molar-refractivity contribution in [2.75, 3.05) is 19.0 Å². The molecule has 0 aromatic carbocycles. The Labute approximate surface area is 172 Å². The molecule has 1 unspecified atom stereocenters. The van der Waals surface area contributed by atoms with E-state index < -0.39 is 11.9 Å². The van der Waals surface area contributed by atoms with Gasteiger partial charge >= 0.3 is 11.9 Å². The van der Waals surface area contributed by atoms with Crippen LogP contribution in [-0.2, 0) is 20.9 Å². The minimum atomic E-state index is -1.82. The molecule has 0 aliphatic carbocycles. The van der Waals surface area contributed by atoms with E-state index >= 15 is 0 Å². The van der Waals surface area contributed by atoms with Crippen LogP contribution in [0.25, 0.3) is 0 Å². The summed E-state index contributed by atoms with van der Waals surface area (Å²) in [7, 11) is 0. The van der Waals surface area contributed by atoms with Crippen LogP contribution < -0.4 is 0 Å². The molecule has 0 amide bonds. The normalized spacial score (nSPS) is 11.5. The second kappa shape index (κ2) is 18.8. The second-order valence-electron chi connectivity index (χ2n) is 6.56. The molecule has 2 N–H and O–H groups in total. The first kappa shape index (κ1) is 26.5. The second-order valence-corrected chi connectivity index (χ2v) is 7.97. The number of carbonyl (C=O) groups is 2. The first-order valence-electron chi connectivity index (χ1n) is 10.1. The van der Waals surface area contributed by atoms with Crippen molar-refractivity contribution in [3.8, 4) is 0 Å². The molecule has 0 saturated carbocycles. The van der Waals surface area contributed by atoms with Gasteiger partial charge in [0.05, 0.1) is 12.9 Å². The van der Waals surface area contributed by atoms with Gasteiger partial charge in [0.2, 0.25) is 0 Å². The maximum Gasteiger partial charge on any atom is 0.414 e. The van der Waals surface area contributed by atoms with E-state index in [0.29, 0.717) is 5.25 Å². The van der Waals surface area contributed by atoms with Crippen LogP contribution in [0.2, 0.25) is 0 Å². The number of thioether (sulfide) groups is 1. The molecule has 1 heterocycles. The van der Waals surface area contributed by atoms with Crippen LogP contribution >= 0.6 is 11.8 Å². The molecule has 1 aromatic rings. The first-order valence-corrected chi connectivity index (χ1v) is 11.2. The van der Waals surface area contributed by atoms with Crippen LogP contribution in [0.1, 0.15) is 65.2 Å². The summed E-state index contributed by atoms with van der Waals surface area (Å²) >= 11 is 2.05. The number of carboxylic acid groups (broad SMARTS) is 2. The molecule has 8 heteroatoms. The van der Waals surface area contributed by atoms with E-state index in [0.717, 1.165) is 19.8 Å². The average molecular weight is 417 g/mol. The minimum Gasteiger partial charge on any atom is -0.473 e. The lowest BCUT2D eigenvalue weighted by molar-refractivity contribution is -0.159. The van der Waals surface area contributed by atoms with Crippen LogP contribution in [0, 0.1) is 0 Å². The highest BCUT2D eigenvalue weighted by atomic mass is 32.2. The van der Waals surface area contributed by atoms with E-state index in [1.54, 1.807) is 0 Å². The smallest absolute Gasteiger partial charge is 0.414 e. The van der Waals surface area contributed by atoms with E-state index in [-0.39, 0.29) is 0 Å². The van der Waals surface area contributed by atoms with Crippen molar-refractivity contribution in [2.24, 2.45) is 0 Å². The molecule has 0 aliphatic heterocycles. The van der Waals surface area contributed by atoms with Crippen LogP contribution in [-0.4, -0.2) is 55.9 Å². The van der Waals surface area contributed by atoms with Gasteiger partial charge in [-0.25, -0.2) is 14.6 Å². The van der Waals surface area contributed by atoms with Crippen molar-refractivity contribution in [1.82, 2.24) is 9.55 Å². The third-order valence-corrected chi connectivity index (χ3v) is 5.23. The number of unbranched alkanes of at least 4 members (excludes halogenated alkanes) is 6. The molecular formula is C20H36N2O5S. The summed E-state index contributed by atoms with van der Waals surface area (Å²) in [6.45, 7) is 7.30. The number of hydrogen-bond acceptors (Lipinski definition) is 5. The fraction of sp³-hybridized carbons (Fsp3) is 0.750. The maximum atomic E-state index is 9.10. The van der Waals surface area contributed by atoms with E-state index in [2.05, 4.69) is 23.4 Å². The fourth-order valence-corrected chi connectivity index (χ4v) is 3.64. The molecular weight excluding hydrogens is 380 g/mol. The van der Waals surface area contributed by atoms with E-state index in [1.165, 1.54) is 57.1 Å². The number of aromatic nitrogens is 2. The van der Waals surface area contributed by atoms with Gasteiger partial charge in [-0.2, -0.15) is 11.8 Å². The Morgan fingerprint density at radius 3 is 2.25 bits per heavy atom. The van der Waals surface area contributed by atoms with Crippen LogP contribution in [0.5, 0.6) is 0 Å². The van der Waals surface area contributed by atoms with Gasteiger partial charge < -0.3 is 19.5 Å². The van der Waals surface area contributed by atoms with Crippen LogP contribution in [0.15, 0.2) is 18.7 Å². The molecule has 0 aliphatic rings. The number of carboxylic acids is 2. The predicted octanol–water partition coefficient (Wildman–Crippen LogP) is 4.32. The molecule has 0 fully saturated rings. The Bertz CT molecular complexity index is 485. The Kier molecular flexibility index (Phi) is 17.8. The van der Waals surface area contributed by atoms with E-state index in [1.807, 2.05) is 30.5 Å². The summed E-state index contributed by atoms with van der Waals surface area (Å²) in [5.74, 6) is -2.42. The zero-order valence-corrected chi connectivity index (χ0v) is 18.0. The van der Waals surface area contributed by atoms with Crippen molar-refractivity contribution in [3.05, 3.63) is 18.7 Å². The monoisotopic (exact) mass is 416 g/mol. The quantitative estimate of drug-likeness (QED) is 0.324. The van der Waals surface area contributed by atoms with Gasteiger partial charge in [-0.1, -0.05) is 52.4 Å². The van der Waals surface area contributed by atoms with Gasteiger partial charge in [0.1, 0.15) is 0 Å². The van der Waals surface area contributed by atoms with Gasteiger partial charge in [-0.05, 0) is 18.6 Å². The summed E-state index contributed by atoms with van der Waals surface area (Å²) in [4.78, 5) is 22.3. The number of imidazole rings is 1. The Hall–Kier alpha value is -1.54. The number of aliphatic carboxylic acids is 2. The SMILES string of the molecule is CCCCCCCCOCC(Cn1ccnc1)SCCCC.O=C(O)C(=O)O. The van der Waals surface area contributed by atoms with Crippen molar-refractivity contribution in [3.63, 3.8) is 0 Å². The summed E-state index contributed by atoms with van der Waals surface area (Å²) in [6.07, 6.45) is 16.3. The molecule has 0 spiro atoms. The van der Waals surface area contributed by atoms with Crippen LogP contribution in [0.3, 0.4) is 0 Å². The molecule has 162 valence electrons. The number of nitrogens with zero attached hydrogens (tertiary/aromatic N) is 2. The minimum absolute atomic E-state index is 0.542. The van der Waals surface area contributed by atoms with E-state index in [9.17, 15) is 0 Å². The van der Waals surface area contributed by atoms with Crippen molar-refractivity contribution < 1.29 is 24.5 Å². The van der Waals surface area contributed by atoms with Gasteiger partial charge in [0.15, 0.2) is 0 Å². The lowest BCUT2D eigenvalue weighted by Crippen LogP contribution is -2.19. The van der Waals surface area contributed by atoms with Crippen molar-refractivity contribution in [2.45, 2.75) is 77.0 Å². The lowest BCUT2D eigenvalue weighted by Gasteiger charge is -2.17. The maximum absolute atomic E-state index is 9.10. The third-order valence-electron chi connectivity index (χ3n) is 3.95. The highest BCUT2D eigenvalue weighted by molar-refractivity contribution is 7.99. The molecule has 1 aromatic heterocycles. The van der Waals surface area contributed by atoms with Gasteiger partial charge in [0, 0.05) is 30.8 Å². The largest absolute Gasteiger partial charge is 0.473 e. The zero-order valence-electron chi connectivity index (χ0n) is 17.2. The molecule has 0 saturated heterocycles. The Morgan fingerprint density at radius 1 is 1.04 bits per heavy atom. The summed E-state index contributed by atoms with van der Waals surface area (Å²) in [5, 5.41) is 15.3. The van der Waals surface area contributed by atoms with Gasteiger partial charge in [-0.3, -0.25) is 0 Å². The fourth-order valence-electron chi connectivity index (χ4n) is 2.38. The topological polar surface area (TPSA) is 102 Å². The number of hydrogen-bond donors (Lipinski definition) is 2. The highest BCUT2D eigenvalue weighted by Crippen LogP contribution is 2.16. The lowest BCUT2D eigenvalue weighted by atomic mass is 10.1. The van der Waals surface area contributed by atoms with Crippen molar-refractivity contribution in [1.29, 1.82) is 0 Å². The predicted molar refractivity (Wildman–Crippen MR) is 113 cm³/mol. The number of ether oxygens (including phenoxy) is 1. The summed E-state index contributed by atoms with van der Waals surface area (Å²) < 4.78 is 8.09. The highest BCUT2D eigenvalue weighted by Gasteiger charge is 2.10. The molecule has 7 nitrogen and oxygen atoms in total. The molecule has 0 bridgehead atoms. The third kappa shape index (κ3) is 16.6. The standard InChI is InChI=1S/C18H34N2OS.C2H2O4/c1-3-5-7-8-9-10-13-21-16-18(22-14-6-4-2)15-20-12-11-19-17-20;3-1(4)2(5)6/h11-12,17-18H,3-10,13-16H2,1-2H3;(H,3,4)(H,5,6). The molecule has 0 radical (unpaired) electrons. The Morgan fingerprint density at radius 2 is 1.68 bits per heavy atom. The molecule has 28 heavy (non-hydrogen) atoms. The first-order chi connectivity index (χ1) is 13.5. The van der Waals surface area contributed by atoms with Crippen LogP contribution in [0.4, 0.5) is 0 Å². The van der Waals surface area contributed by atoms with Crippen molar-refractivity contribution >= 4 is 23.7 Å². The zero-order chi connectivity index (χ0) is 21.0. The Balaban J connectivity index is 0.00000105. The van der Waals surface area contributed by atoms with E-state index in [4.69, 9.17) is 24.5 Å².